The molecule has 0 saturated carbocycles. The molecule has 1 N–H and O–H groups in total. The van der Waals surface area contributed by atoms with E-state index in [2.05, 4.69) is 5.32 Å². The molecule has 156 valence electrons. The van der Waals surface area contributed by atoms with Gasteiger partial charge in [0.15, 0.2) is 0 Å². The minimum absolute atomic E-state index is 0.146. The Kier molecular flexibility index (Phi) is 5.29. The molecule has 0 spiro atoms. The summed E-state index contributed by atoms with van der Waals surface area (Å²) >= 11 is 0. The van der Waals surface area contributed by atoms with Crippen LogP contribution in [0, 0.1) is 19.7 Å². The fraction of sp³-hybridized carbons (Fsp3) is 0.120. The lowest BCUT2D eigenvalue weighted by atomic mass is 10.0. The fourth-order valence-corrected chi connectivity index (χ4v) is 3.52. The molecule has 31 heavy (non-hydrogen) atoms. The monoisotopic (exact) mass is 416 g/mol. The van der Waals surface area contributed by atoms with E-state index in [1.165, 1.54) is 31.4 Å². The zero-order valence-electron chi connectivity index (χ0n) is 17.4. The first-order valence-corrected chi connectivity index (χ1v) is 9.76. The summed E-state index contributed by atoms with van der Waals surface area (Å²) in [5.74, 6) is -0.872. The van der Waals surface area contributed by atoms with E-state index in [0.717, 1.165) is 21.7 Å². The minimum atomic E-state index is -0.488. The number of halogens is 1. The number of rotatable bonds is 5. The van der Waals surface area contributed by atoms with Crippen molar-refractivity contribution < 1.29 is 18.7 Å². The number of nitrogens with one attached hydrogen (secondary N) is 1. The summed E-state index contributed by atoms with van der Waals surface area (Å²) in [7, 11) is 1.52. The van der Waals surface area contributed by atoms with Gasteiger partial charge in [0.2, 0.25) is 0 Å². The number of nitrogens with zero attached hydrogens (tertiary/aromatic N) is 1. The first-order valence-electron chi connectivity index (χ1n) is 9.76. The van der Waals surface area contributed by atoms with Crippen molar-refractivity contribution in [3.05, 3.63) is 94.9 Å². The van der Waals surface area contributed by atoms with Crippen molar-refractivity contribution in [1.29, 1.82) is 0 Å². The number of hydrogen-bond donors (Lipinski definition) is 1. The predicted molar refractivity (Wildman–Crippen MR) is 118 cm³/mol. The Morgan fingerprint density at radius 3 is 2.35 bits per heavy atom. The first kappa shape index (κ1) is 20.3. The fourth-order valence-electron chi connectivity index (χ4n) is 3.52. The molecule has 0 fully saturated rings. The van der Waals surface area contributed by atoms with Gasteiger partial charge in [-0.3, -0.25) is 9.59 Å². The molecule has 0 bridgehead atoms. The molecule has 4 rings (SSSR count). The van der Waals surface area contributed by atoms with Gasteiger partial charge in [-0.15, -0.1) is 0 Å². The molecule has 5 nitrogen and oxygen atoms in total. The SMILES string of the molecule is COc1cccc(N2C(=O)C(Nc3cc(C)ccc3C)=C(c3ccc(F)cc3)C2=O)c1. The number of imide groups is 1. The van der Waals surface area contributed by atoms with Gasteiger partial charge in [-0.05, 0) is 60.9 Å². The van der Waals surface area contributed by atoms with E-state index in [9.17, 15) is 14.0 Å². The molecular formula is C25H21FN2O3. The third-order valence-corrected chi connectivity index (χ3v) is 5.18. The number of ether oxygens (including phenoxy) is 1. The van der Waals surface area contributed by atoms with Gasteiger partial charge >= 0.3 is 0 Å². The summed E-state index contributed by atoms with van der Waals surface area (Å²) in [6.45, 7) is 3.87. The smallest absolute Gasteiger partial charge is 0.282 e. The number of carbonyl (C=O) groups is 2. The summed E-state index contributed by atoms with van der Waals surface area (Å²) in [5.41, 5.74) is 3.85. The maximum absolute atomic E-state index is 13.5. The van der Waals surface area contributed by atoms with Crippen molar-refractivity contribution in [1.82, 2.24) is 0 Å². The van der Waals surface area contributed by atoms with Crippen LogP contribution in [0.2, 0.25) is 0 Å². The number of amides is 2. The summed E-state index contributed by atoms with van der Waals surface area (Å²) in [4.78, 5) is 28.0. The van der Waals surface area contributed by atoms with Gasteiger partial charge < -0.3 is 10.1 Å². The van der Waals surface area contributed by atoms with Crippen LogP contribution in [0.15, 0.2) is 72.4 Å². The van der Waals surface area contributed by atoms with Gasteiger partial charge in [0.05, 0.1) is 18.4 Å². The Morgan fingerprint density at radius 2 is 1.65 bits per heavy atom. The summed E-state index contributed by atoms with van der Waals surface area (Å²) < 4.78 is 18.7. The molecule has 3 aromatic carbocycles. The summed E-state index contributed by atoms with van der Waals surface area (Å²) in [5, 5.41) is 3.16. The molecule has 0 aliphatic carbocycles. The number of benzene rings is 3. The maximum atomic E-state index is 13.5. The van der Waals surface area contributed by atoms with Crippen LogP contribution in [0.1, 0.15) is 16.7 Å². The quantitative estimate of drug-likeness (QED) is 0.604. The Morgan fingerprint density at radius 1 is 0.903 bits per heavy atom. The van der Waals surface area contributed by atoms with E-state index in [4.69, 9.17) is 4.74 Å². The number of methoxy groups -OCH3 is 1. The number of aryl methyl sites for hydroxylation is 2. The third-order valence-electron chi connectivity index (χ3n) is 5.18. The number of anilines is 2. The maximum Gasteiger partial charge on any atom is 0.282 e. The second kappa shape index (κ2) is 8.07. The van der Waals surface area contributed by atoms with Gasteiger partial charge in [-0.25, -0.2) is 9.29 Å². The van der Waals surface area contributed by atoms with Crippen LogP contribution < -0.4 is 15.0 Å². The molecule has 0 radical (unpaired) electrons. The number of carbonyl (C=O) groups excluding carboxylic acids is 2. The lowest BCUT2D eigenvalue weighted by Gasteiger charge is -2.16. The second-order valence-electron chi connectivity index (χ2n) is 7.35. The average molecular weight is 416 g/mol. The molecule has 3 aromatic rings. The predicted octanol–water partition coefficient (Wildman–Crippen LogP) is 4.85. The van der Waals surface area contributed by atoms with Crippen LogP contribution >= 0.6 is 0 Å². The lowest BCUT2D eigenvalue weighted by molar-refractivity contribution is -0.120. The third kappa shape index (κ3) is 3.80. The average Bonchev–Trinajstić information content (AvgIpc) is 3.01. The van der Waals surface area contributed by atoms with Gasteiger partial charge in [0, 0.05) is 11.8 Å². The second-order valence-corrected chi connectivity index (χ2v) is 7.35. The van der Waals surface area contributed by atoms with Crippen LogP contribution in [0.3, 0.4) is 0 Å². The van der Waals surface area contributed by atoms with Gasteiger partial charge in [-0.2, -0.15) is 0 Å². The molecule has 1 aliphatic rings. The highest BCUT2D eigenvalue weighted by Gasteiger charge is 2.40. The molecule has 0 aromatic heterocycles. The van der Waals surface area contributed by atoms with Crippen molar-refractivity contribution in [3.63, 3.8) is 0 Å². The molecule has 2 amide bonds. The van der Waals surface area contributed by atoms with Crippen molar-refractivity contribution in [3.8, 4) is 5.75 Å². The van der Waals surface area contributed by atoms with Crippen molar-refractivity contribution in [2.24, 2.45) is 0 Å². The van der Waals surface area contributed by atoms with Crippen molar-refractivity contribution in [2.45, 2.75) is 13.8 Å². The van der Waals surface area contributed by atoms with Crippen LogP contribution in [0.25, 0.3) is 5.57 Å². The highest BCUT2D eigenvalue weighted by molar-refractivity contribution is 6.46. The normalized spacial score (nSPS) is 13.7. The van der Waals surface area contributed by atoms with Crippen LogP contribution in [-0.2, 0) is 9.59 Å². The summed E-state index contributed by atoms with van der Waals surface area (Å²) in [6, 6.07) is 18.1. The largest absolute Gasteiger partial charge is 0.497 e. The molecule has 1 aliphatic heterocycles. The summed E-state index contributed by atoms with van der Waals surface area (Å²) in [6.07, 6.45) is 0. The van der Waals surface area contributed by atoms with E-state index >= 15 is 0 Å². The Bertz CT molecular complexity index is 1220. The highest BCUT2D eigenvalue weighted by Crippen LogP contribution is 2.35. The van der Waals surface area contributed by atoms with E-state index in [1.807, 2.05) is 32.0 Å². The Hall–Kier alpha value is -3.93. The molecule has 0 saturated heterocycles. The van der Waals surface area contributed by atoms with Crippen molar-refractivity contribution in [2.75, 3.05) is 17.3 Å². The molecular weight excluding hydrogens is 395 g/mol. The zero-order valence-corrected chi connectivity index (χ0v) is 17.4. The van der Waals surface area contributed by atoms with Gasteiger partial charge in [0.1, 0.15) is 17.3 Å². The molecule has 6 heteroatoms. The minimum Gasteiger partial charge on any atom is -0.497 e. The van der Waals surface area contributed by atoms with Crippen LogP contribution in [0.5, 0.6) is 5.75 Å². The zero-order chi connectivity index (χ0) is 22.1. The topological polar surface area (TPSA) is 58.6 Å². The molecule has 1 heterocycles. The van der Waals surface area contributed by atoms with Gasteiger partial charge in [-0.1, -0.05) is 30.3 Å². The van der Waals surface area contributed by atoms with Crippen molar-refractivity contribution >= 4 is 28.8 Å². The number of hydrogen-bond acceptors (Lipinski definition) is 4. The standard InChI is InChI=1S/C25H21FN2O3/c1-15-7-8-16(2)21(13-15)27-23-22(17-9-11-18(26)12-10-17)24(29)28(25(23)30)19-5-4-6-20(14-19)31-3/h4-14,27H,1-3H3. The van der Waals surface area contributed by atoms with E-state index in [0.29, 0.717) is 17.0 Å². The van der Waals surface area contributed by atoms with Crippen LogP contribution in [-0.4, -0.2) is 18.9 Å². The lowest BCUT2D eigenvalue weighted by Crippen LogP contribution is -2.32. The highest BCUT2D eigenvalue weighted by atomic mass is 19.1. The first-order chi connectivity index (χ1) is 14.9. The van der Waals surface area contributed by atoms with E-state index in [-0.39, 0.29) is 11.3 Å². The Labute approximate surface area is 179 Å². The molecule has 0 atom stereocenters. The van der Waals surface area contributed by atoms with E-state index in [1.54, 1.807) is 24.3 Å². The van der Waals surface area contributed by atoms with Gasteiger partial charge in [0.25, 0.3) is 11.8 Å². The Balaban J connectivity index is 1.84. The van der Waals surface area contributed by atoms with Crippen LogP contribution in [0.4, 0.5) is 15.8 Å². The van der Waals surface area contributed by atoms with E-state index < -0.39 is 17.6 Å². The molecule has 0 unspecified atom stereocenters.